The molecule has 0 aliphatic heterocycles. The molecule has 0 radical (unpaired) electrons. The summed E-state index contributed by atoms with van der Waals surface area (Å²) in [4.78, 5) is 0. The predicted octanol–water partition coefficient (Wildman–Crippen LogP) is 2.93. The van der Waals surface area contributed by atoms with Gasteiger partial charge in [0.25, 0.3) is 0 Å². The minimum Gasteiger partial charge on any atom is -0.496 e. The van der Waals surface area contributed by atoms with Crippen LogP contribution in [0.3, 0.4) is 0 Å². The molecule has 0 atom stereocenters. The molecule has 4 heteroatoms. The number of benzene rings is 1. The smallest absolute Gasteiger partial charge is 0.146 e. The zero-order valence-corrected chi connectivity index (χ0v) is 10.1. The summed E-state index contributed by atoms with van der Waals surface area (Å²) < 4.78 is 19.6. The summed E-state index contributed by atoms with van der Waals surface area (Å²) in [6.45, 7) is 0. The van der Waals surface area contributed by atoms with Crippen LogP contribution in [0.25, 0.3) is 0 Å². The van der Waals surface area contributed by atoms with Gasteiger partial charge in [0.2, 0.25) is 0 Å². The van der Waals surface area contributed by atoms with Gasteiger partial charge in [-0.1, -0.05) is 0 Å². The van der Waals surface area contributed by atoms with Crippen LogP contribution < -0.4 is 10.5 Å². The summed E-state index contributed by atoms with van der Waals surface area (Å²) in [6, 6.07) is 3.38. The standard InChI is InChI=1S/C11H13BrFNO/c1-15-8-4-3-7(12)10(13)9(8)11(14)5-2-6-11/h3-4H,2,5-6,14H2,1H3. The van der Waals surface area contributed by atoms with Gasteiger partial charge in [0.05, 0.1) is 17.1 Å². The summed E-state index contributed by atoms with van der Waals surface area (Å²) in [5.41, 5.74) is 6.09. The fourth-order valence-corrected chi connectivity index (χ4v) is 2.31. The number of rotatable bonds is 2. The Morgan fingerprint density at radius 2 is 2.13 bits per heavy atom. The third-order valence-corrected chi connectivity index (χ3v) is 3.63. The Labute approximate surface area is 96.7 Å². The third-order valence-electron chi connectivity index (χ3n) is 3.02. The Hall–Kier alpha value is -0.610. The minimum absolute atomic E-state index is 0.295. The minimum atomic E-state index is -0.542. The lowest BCUT2D eigenvalue weighted by atomic mass is 9.72. The van der Waals surface area contributed by atoms with Crippen molar-refractivity contribution in [2.75, 3.05) is 7.11 Å². The topological polar surface area (TPSA) is 35.2 Å². The first-order valence-corrected chi connectivity index (χ1v) is 5.69. The highest BCUT2D eigenvalue weighted by atomic mass is 79.9. The van der Waals surface area contributed by atoms with Gasteiger partial charge in [-0.2, -0.15) is 0 Å². The van der Waals surface area contributed by atoms with E-state index in [1.165, 1.54) is 7.11 Å². The van der Waals surface area contributed by atoms with Gasteiger partial charge in [-0.3, -0.25) is 0 Å². The van der Waals surface area contributed by atoms with E-state index >= 15 is 0 Å². The zero-order chi connectivity index (χ0) is 11.1. The molecular formula is C11H13BrFNO. The lowest BCUT2D eigenvalue weighted by Gasteiger charge is -2.39. The van der Waals surface area contributed by atoms with E-state index in [1.54, 1.807) is 12.1 Å². The van der Waals surface area contributed by atoms with Crippen LogP contribution in [0.15, 0.2) is 16.6 Å². The molecule has 0 amide bonds. The summed E-state index contributed by atoms with van der Waals surface area (Å²) in [6.07, 6.45) is 2.68. The van der Waals surface area contributed by atoms with Crippen molar-refractivity contribution in [3.63, 3.8) is 0 Å². The molecule has 2 N–H and O–H groups in total. The fraction of sp³-hybridized carbons (Fsp3) is 0.455. The number of hydrogen-bond donors (Lipinski definition) is 1. The van der Waals surface area contributed by atoms with Crippen LogP contribution in [-0.2, 0) is 5.54 Å². The molecule has 0 bridgehead atoms. The Bertz CT molecular complexity index is 390. The Balaban J connectivity index is 2.56. The molecule has 1 saturated carbocycles. The molecule has 1 aliphatic carbocycles. The Morgan fingerprint density at radius 3 is 2.60 bits per heavy atom. The van der Waals surface area contributed by atoms with Gasteiger partial charge in [-0.25, -0.2) is 4.39 Å². The fourth-order valence-electron chi connectivity index (χ4n) is 1.97. The maximum atomic E-state index is 14.0. The first-order valence-electron chi connectivity index (χ1n) is 4.90. The summed E-state index contributed by atoms with van der Waals surface area (Å²) >= 11 is 3.17. The van der Waals surface area contributed by atoms with Gasteiger partial charge in [0.1, 0.15) is 11.6 Å². The first-order chi connectivity index (χ1) is 7.08. The highest BCUT2D eigenvalue weighted by Gasteiger charge is 2.39. The SMILES string of the molecule is COc1ccc(Br)c(F)c1C1(N)CCC1. The lowest BCUT2D eigenvalue weighted by molar-refractivity contribution is 0.234. The van der Waals surface area contributed by atoms with Crippen LogP contribution in [0.1, 0.15) is 24.8 Å². The largest absolute Gasteiger partial charge is 0.496 e. The molecule has 82 valence electrons. The molecule has 0 saturated heterocycles. The van der Waals surface area contributed by atoms with Crippen molar-refractivity contribution in [2.45, 2.75) is 24.8 Å². The molecule has 0 spiro atoms. The van der Waals surface area contributed by atoms with Gasteiger partial charge in [-0.05, 0) is 47.3 Å². The first kappa shape index (κ1) is 10.9. The molecule has 1 fully saturated rings. The second-order valence-corrected chi connectivity index (χ2v) is 4.80. The van der Waals surface area contributed by atoms with Gasteiger partial charge in [0, 0.05) is 5.54 Å². The second kappa shape index (κ2) is 3.76. The number of methoxy groups -OCH3 is 1. The van der Waals surface area contributed by atoms with Crippen molar-refractivity contribution in [3.8, 4) is 5.75 Å². The van der Waals surface area contributed by atoms with E-state index in [2.05, 4.69) is 15.9 Å². The third kappa shape index (κ3) is 1.66. The van der Waals surface area contributed by atoms with Crippen molar-refractivity contribution in [3.05, 3.63) is 28.0 Å². The van der Waals surface area contributed by atoms with Gasteiger partial charge < -0.3 is 10.5 Å². The van der Waals surface area contributed by atoms with E-state index in [0.29, 0.717) is 15.8 Å². The van der Waals surface area contributed by atoms with Crippen LogP contribution >= 0.6 is 15.9 Å². The van der Waals surface area contributed by atoms with E-state index in [-0.39, 0.29) is 5.82 Å². The molecule has 0 unspecified atom stereocenters. The Kier molecular flexibility index (Phi) is 2.73. The average Bonchev–Trinajstić information content (AvgIpc) is 2.18. The van der Waals surface area contributed by atoms with Crippen LogP contribution in [-0.4, -0.2) is 7.11 Å². The summed E-state index contributed by atoms with van der Waals surface area (Å²) in [5.74, 6) is 0.245. The predicted molar refractivity (Wildman–Crippen MR) is 60.4 cm³/mol. The Morgan fingerprint density at radius 1 is 1.47 bits per heavy atom. The number of nitrogens with two attached hydrogens (primary N) is 1. The molecule has 0 heterocycles. The average molecular weight is 274 g/mol. The molecule has 2 nitrogen and oxygen atoms in total. The van der Waals surface area contributed by atoms with Crippen LogP contribution in [0.4, 0.5) is 4.39 Å². The van der Waals surface area contributed by atoms with Gasteiger partial charge >= 0.3 is 0 Å². The second-order valence-electron chi connectivity index (χ2n) is 3.95. The molecule has 15 heavy (non-hydrogen) atoms. The maximum absolute atomic E-state index is 14.0. The number of halogens is 2. The van der Waals surface area contributed by atoms with E-state index in [4.69, 9.17) is 10.5 Å². The molecule has 0 aromatic heterocycles. The molecule has 2 rings (SSSR count). The quantitative estimate of drug-likeness (QED) is 0.899. The molecule has 1 aromatic rings. The van der Waals surface area contributed by atoms with Crippen molar-refractivity contribution in [2.24, 2.45) is 5.73 Å². The molecular weight excluding hydrogens is 261 g/mol. The normalized spacial score (nSPS) is 18.4. The maximum Gasteiger partial charge on any atom is 0.146 e. The highest BCUT2D eigenvalue weighted by Crippen LogP contribution is 2.45. The van der Waals surface area contributed by atoms with Gasteiger partial charge in [-0.15, -0.1) is 0 Å². The monoisotopic (exact) mass is 273 g/mol. The summed E-state index contributed by atoms with van der Waals surface area (Å²) in [7, 11) is 1.54. The van der Waals surface area contributed by atoms with Crippen molar-refractivity contribution in [1.82, 2.24) is 0 Å². The molecule has 1 aliphatic rings. The lowest BCUT2D eigenvalue weighted by Crippen LogP contribution is -2.44. The van der Waals surface area contributed by atoms with E-state index in [1.807, 2.05) is 0 Å². The van der Waals surface area contributed by atoms with Crippen LogP contribution in [0, 0.1) is 5.82 Å². The van der Waals surface area contributed by atoms with E-state index in [0.717, 1.165) is 19.3 Å². The van der Waals surface area contributed by atoms with E-state index in [9.17, 15) is 4.39 Å². The van der Waals surface area contributed by atoms with E-state index < -0.39 is 5.54 Å². The summed E-state index contributed by atoms with van der Waals surface area (Å²) in [5, 5.41) is 0. The van der Waals surface area contributed by atoms with Crippen molar-refractivity contribution >= 4 is 15.9 Å². The zero-order valence-electron chi connectivity index (χ0n) is 8.52. The van der Waals surface area contributed by atoms with Crippen LogP contribution in [0.2, 0.25) is 0 Å². The molecule has 1 aromatic carbocycles. The van der Waals surface area contributed by atoms with Crippen LogP contribution in [0.5, 0.6) is 5.75 Å². The number of hydrogen-bond acceptors (Lipinski definition) is 2. The number of ether oxygens (including phenoxy) is 1. The van der Waals surface area contributed by atoms with Crippen molar-refractivity contribution in [1.29, 1.82) is 0 Å². The highest BCUT2D eigenvalue weighted by molar-refractivity contribution is 9.10. The van der Waals surface area contributed by atoms with Gasteiger partial charge in [0.15, 0.2) is 0 Å². The van der Waals surface area contributed by atoms with Crippen molar-refractivity contribution < 1.29 is 9.13 Å².